The highest BCUT2D eigenvalue weighted by molar-refractivity contribution is 7.15. The molecule has 0 aliphatic heterocycles. The molecule has 0 bridgehead atoms. The Bertz CT molecular complexity index is 698. The molecular weight excluding hydrogens is 280 g/mol. The van der Waals surface area contributed by atoms with E-state index < -0.39 is 0 Å². The van der Waals surface area contributed by atoms with Gasteiger partial charge < -0.3 is 5.73 Å². The van der Waals surface area contributed by atoms with Crippen LogP contribution in [0.15, 0.2) is 47.0 Å². The molecule has 3 rings (SSSR count). The van der Waals surface area contributed by atoms with Gasteiger partial charge in [-0.1, -0.05) is 12.1 Å². The summed E-state index contributed by atoms with van der Waals surface area (Å²) >= 11 is 7.21. The lowest BCUT2D eigenvalue weighted by atomic mass is 10.1. The van der Waals surface area contributed by atoms with Crippen molar-refractivity contribution in [2.45, 2.75) is 0 Å². The Balaban J connectivity index is 1.92. The molecule has 1 aromatic carbocycles. The molecule has 3 aromatic rings. The second-order valence-corrected chi connectivity index (χ2v) is 5.14. The number of benzene rings is 1. The Morgan fingerprint density at radius 2 is 2.16 bits per heavy atom. The molecule has 0 aliphatic carbocycles. The van der Waals surface area contributed by atoms with E-state index in [0.717, 1.165) is 21.9 Å². The smallest absolute Gasteiger partial charge is 0.194 e. The zero-order chi connectivity index (χ0) is 13.2. The normalized spacial score (nSPS) is 12.2. The van der Waals surface area contributed by atoms with E-state index >= 15 is 0 Å². The first-order chi connectivity index (χ1) is 9.26. The van der Waals surface area contributed by atoms with E-state index in [9.17, 15) is 0 Å². The average Bonchev–Trinajstić information content (AvgIpc) is 3.00. The fraction of sp³-hybridized carbons (Fsp3) is 0.0769. The number of thiazole rings is 1. The molecule has 4 nitrogen and oxygen atoms in total. The van der Waals surface area contributed by atoms with Gasteiger partial charge in [-0.2, -0.15) is 0 Å². The van der Waals surface area contributed by atoms with Crippen molar-refractivity contribution >= 4 is 39.4 Å². The first kappa shape index (κ1) is 12.2. The molecule has 0 atom stereocenters. The number of nitrogens with zero attached hydrogens (tertiary/aromatic N) is 3. The van der Waals surface area contributed by atoms with Crippen LogP contribution < -0.4 is 5.73 Å². The summed E-state index contributed by atoms with van der Waals surface area (Å²) in [6.45, 7) is 0. The molecule has 19 heavy (non-hydrogen) atoms. The number of nitrogens with two attached hydrogens (primary N) is 1. The number of imidazole rings is 1. The second-order valence-electron chi connectivity index (χ2n) is 4.00. The second kappa shape index (κ2) is 5.03. The maximum absolute atomic E-state index is 5.59. The molecule has 96 valence electrons. The molecule has 2 heterocycles. The van der Waals surface area contributed by atoms with Gasteiger partial charge in [0.15, 0.2) is 4.96 Å². The van der Waals surface area contributed by atoms with Gasteiger partial charge in [-0.25, -0.2) is 9.98 Å². The van der Waals surface area contributed by atoms with E-state index in [1.165, 1.54) is 0 Å². The van der Waals surface area contributed by atoms with Gasteiger partial charge in [0.05, 0.1) is 17.3 Å². The van der Waals surface area contributed by atoms with Crippen molar-refractivity contribution in [3.8, 4) is 11.3 Å². The quantitative estimate of drug-likeness (QED) is 0.457. The van der Waals surface area contributed by atoms with Crippen LogP contribution in [-0.2, 0) is 0 Å². The van der Waals surface area contributed by atoms with Gasteiger partial charge in [-0.3, -0.25) is 4.40 Å². The van der Waals surface area contributed by atoms with E-state index in [1.807, 2.05) is 46.4 Å². The predicted octanol–water partition coefficient (Wildman–Crippen LogP) is 3.29. The summed E-state index contributed by atoms with van der Waals surface area (Å²) in [5.41, 5.74) is 8.40. The zero-order valence-electron chi connectivity index (χ0n) is 9.95. The Morgan fingerprint density at radius 1 is 1.37 bits per heavy atom. The van der Waals surface area contributed by atoms with Crippen LogP contribution in [0.3, 0.4) is 0 Å². The lowest BCUT2D eigenvalue weighted by Gasteiger charge is -1.99. The topological polar surface area (TPSA) is 55.7 Å². The van der Waals surface area contributed by atoms with Crippen LogP contribution in [0.25, 0.3) is 16.2 Å². The van der Waals surface area contributed by atoms with Crippen molar-refractivity contribution in [2.24, 2.45) is 10.7 Å². The lowest BCUT2D eigenvalue weighted by molar-refractivity contribution is 1.23. The van der Waals surface area contributed by atoms with E-state index in [1.54, 1.807) is 11.3 Å². The maximum Gasteiger partial charge on any atom is 0.194 e. The van der Waals surface area contributed by atoms with Crippen molar-refractivity contribution < 1.29 is 0 Å². The van der Waals surface area contributed by atoms with Gasteiger partial charge in [0.1, 0.15) is 5.84 Å². The molecule has 0 saturated carbocycles. The van der Waals surface area contributed by atoms with Crippen molar-refractivity contribution in [2.75, 3.05) is 5.88 Å². The number of amidine groups is 1. The monoisotopic (exact) mass is 290 g/mol. The molecule has 0 amide bonds. The van der Waals surface area contributed by atoms with Crippen LogP contribution in [0.1, 0.15) is 0 Å². The Morgan fingerprint density at radius 3 is 2.84 bits per heavy atom. The van der Waals surface area contributed by atoms with Crippen LogP contribution in [0, 0.1) is 0 Å². The van der Waals surface area contributed by atoms with E-state index in [2.05, 4.69) is 9.98 Å². The minimum atomic E-state index is 0.235. The summed E-state index contributed by atoms with van der Waals surface area (Å²) in [6, 6.07) is 7.77. The number of hydrogen-bond donors (Lipinski definition) is 1. The number of halogens is 1. The van der Waals surface area contributed by atoms with Gasteiger partial charge in [0.2, 0.25) is 0 Å². The number of alkyl halides is 1. The van der Waals surface area contributed by atoms with Gasteiger partial charge in [-0.15, -0.1) is 22.9 Å². The number of aromatic nitrogens is 2. The number of hydrogen-bond acceptors (Lipinski definition) is 3. The maximum atomic E-state index is 5.59. The molecule has 0 saturated heterocycles. The molecule has 2 aromatic heterocycles. The molecule has 0 fully saturated rings. The van der Waals surface area contributed by atoms with Gasteiger partial charge in [-0.05, 0) is 12.1 Å². The first-order valence-corrected chi connectivity index (χ1v) is 7.09. The molecule has 0 aliphatic rings. The fourth-order valence-electron chi connectivity index (χ4n) is 1.77. The molecular formula is C13H11ClN4S. The summed E-state index contributed by atoms with van der Waals surface area (Å²) in [5.74, 6) is 0.649. The molecule has 0 radical (unpaired) electrons. The molecule has 2 N–H and O–H groups in total. The Kier molecular flexibility index (Phi) is 3.23. The van der Waals surface area contributed by atoms with E-state index in [0.29, 0.717) is 5.84 Å². The van der Waals surface area contributed by atoms with Gasteiger partial charge in [0, 0.05) is 23.3 Å². The first-order valence-electron chi connectivity index (χ1n) is 5.68. The minimum absolute atomic E-state index is 0.235. The number of fused-ring (bicyclic) bond motifs is 1. The van der Waals surface area contributed by atoms with Crippen molar-refractivity contribution in [3.05, 3.63) is 42.0 Å². The highest BCUT2D eigenvalue weighted by atomic mass is 35.5. The highest BCUT2D eigenvalue weighted by Gasteiger charge is 2.04. The molecule has 0 unspecified atom stereocenters. The summed E-state index contributed by atoms with van der Waals surface area (Å²) in [5, 5.41) is 2.01. The SMILES string of the molecule is NC(CCl)=Nc1ccc(-c2cn3ccsc3n2)cc1. The van der Waals surface area contributed by atoms with Crippen LogP contribution in [0.2, 0.25) is 0 Å². The molecule has 0 spiro atoms. The van der Waals surface area contributed by atoms with Crippen LogP contribution in [0.5, 0.6) is 0 Å². The Labute approximate surface area is 119 Å². The summed E-state index contributed by atoms with van der Waals surface area (Å²) < 4.78 is 2.01. The van der Waals surface area contributed by atoms with E-state index in [-0.39, 0.29) is 5.88 Å². The summed E-state index contributed by atoms with van der Waals surface area (Å²) in [6.07, 6.45) is 4.01. The van der Waals surface area contributed by atoms with Crippen molar-refractivity contribution in [3.63, 3.8) is 0 Å². The van der Waals surface area contributed by atoms with Crippen molar-refractivity contribution in [1.82, 2.24) is 9.38 Å². The van der Waals surface area contributed by atoms with Gasteiger partial charge >= 0.3 is 0 Å². The third-order valence-corrected chi connectivity index (χ3v) is 3.71. The Hall–Kier alpha value is -1.85. The van der Waals surface area contributed by atoms with Crippen LogP contribution in [0.4, 0.5) is 5.69 Å². The largest absolute Gasteiger partial charge is 0.386 e. The van der Waals surface area contributed by atoms with E-state index in [4.69, 9.17) is 17.3 Å². The van der Waals surface area contributed by atoms with Crippen molar-refractivity contribution in [1.29, 1.82) is 0 Å². The summed E-state index contributed by atoms with van der Waals surface area (Å²) in [4.78, 5) is 9.72. The molecule has 6 heteroatoms. The average molecular weight is 291 g/mol. The van der Waals surface area contributed by atoms with Crippen LogP contribution >= 0.6 is 22.9 Å². The number of rotatable bonds is 3. The number of aliphatic imine (C=N–C) groups is 1. The third kappa shape index (κ3) is 2.47. The minimum Gasteiger partial charge on any atom is -0.386 e. The van der Waals surface area contributed by atoms with Crippen LogP contribution in [-0.4, -0.2) is 21.1 Å². The highest BCUT2D eigenvalue weighted by Crippen LogP contribution is 2.23. The third-order valence-electron chi connectivity index (χ3n) is 2.67. The lowest BCUT2D eigenvalue weighted by Crippen LogP contribution is -2.12. The van der Waals surface area contributed by atoms with Gasteiger partial charge in [0.25, 0.3) is 0 Å². The standard InChI is InChI=1S/C13H11ClN4S/c14-7-12(15)16-10-3-1-9(2-4-10)11-8-18-5-6-19-13(18)17-11/h1-6,8H,7H2,(H2,15,16). The predicted molar refractivity (Wildman–Crippen MR) is 80.5 cm³/mol. The summed E-state index contributed by atoms with van der Waals surface area (Å²) in [7, 11) is 0. The fourth-order valence-corrected chi connectivity index (χ4v) is 2.53. The zero-order valence-corrected chi connectivity index (χ0v) is 11.5.